The fraction of sp³-hybridized carbons (Fsp3) is 0.600. The van der Waals surface area contributed by atoms with Gasteiger partial charge in [-0.2, -0.15) is 17.2 Å². The van der Waals surface area contributed by atoms with E-state index >= 15 is 0 Å². The molecule has 2 aliphatic rings. The van der Waals surface area contributed by atoms with Gasteiger partial charge in [-0.15, -0.1) is 6.42 Å². The predicted octanol–water partition coefficient (Wildman–Crippen LogP) is 0.374. The largest absolute Gasteiger partial charge is 4.00 e. The second kappa shape index (κ2) is 14.7. The summed E-state index contributed by atoms with van der Waals surface area (Å²) in [6.45, 7) is 11.4. The van der Waals surface area contributed by atoms with E-state index in [9.17, 15) is 0 Å². The van der Waals surface area contributed by atoms with Crippen molar-refractivity contribution in [2.75, 3.05) is 0 Å². The Morgan fingerprint density at radius 2 is 1.57 bits per heavy atom. The third-order valence-corrected chi connectivity index (χ3v) is 4.55. The van der Waals surface area contributed by atoms with Crippen LogP contribution in [0.5, 0.6) is 0 Å². The molecule has 0 N–H and O–H groups in total. The van der Waals surface area contributed by atoms with E-state index in [1.54, 1.807) is 11.1 Å². The molecule has 0 spiro atoms. The molecule has 0 nitrogen and oxygen atoms in total. The summed E-state index contributed by atoms with van der Waals surface area (Å²) in [5.74, 6) is 0. The Labute approximate surface area is 175 Å². The molecular formula is C20H30Cl2Zr. The second-order valence-corrected chi connectivity index (χ2v) is 5.41. The number of hydrogen-bond acceptors (Lipinski definition) is 0. The molecule has 0 heterocycles. The minimum absolute atomic E-state index is 0. The van der Waals surface area contributed by atoms with Crippen molar-refractivity contribution in [2.24, 2.45) is 5.41 Å². The summed E-state index contributed by atoms with van der Waals surface area (Å²) in [4.78, 5) is 0. The first-order valence-electron chi connectivity index (χ1n) is 8.27. The number of rotatable bonds is 5. The summed E-state index contributed by atoms with van der Waals surface area (Å²) in [7, 11) is 0. The van der Waals surface area contributed by atoms with Gasteiger partial charge in [0, 0.05) is 0 Å². The zero-order valence-electron chi connectivity index (χ0n) is 15.2. The quantitative estimate of drug-likeness (QED) is 0.551. The van der Waals surface area contributed by atoms with Gasteiger partial charge in [0.1, 0.15) is 0 Å². The Balaban J connectivity index is -0.000000431. The van der Waals surface area contributed by atoms with Crippen LogP contribution in [0.1, 0.15) is 73.1 Å². The van der Waals surface area contributed by atoms with Crippen molar-refractivity contribution in [2.45, 2.75) is 73.1 Å². The molecule has 0 fully saturated rings. The van der Waals surface area contributed by atoms with E-state index in [0.717, 1.165) is 12.8 Å². The first kappa shape index (κ1) is 28.2. The molecule has 128 valence electrons. The summed E-state index contributed by atoms with van der Waals surface area (Å²) in [6.07, 6.45) is 19.7. The maximum atomic E-state index is 3.80. The molecule has 0 bridgehead atoms. The molecule has 0 saturated heterocycles. The Kier molecular flexibility index (Phi) is 18.1. The van der Waals surface area contributed by atoms with Crippen LogP contribution in [-0.4, -0.2) is 0 Å². The first-order valence-corrected chi connectivity index (χ1v) is 8.27. The summed E-state index contributed by atoms with van der Waals surface area (Å²) in [6, 6.07) is 0. The van der Waals surface area contributed by atoms with Crippen LogP contribution in [0, 0.1) is 17.6 Å². The van der Waals surface area contributed by atoms with Crippen LogP contribution in [0.3, 0.4) is 0 Å². The summed E-state index contributed by atoms with van der Waals surface area (Å²) >= 11 is 0. The van der Waals surface area contributed by atoms with Gasteiger partial charge in [0.2, 0.25) is 0 Å². The van der Waals surface area contributed by atoms with Crippen LogP contribution in [0.2, 0.25) is 0 Å². The molecule has 0 radical (unpaired) electrons. The summed E-state index contributed by atoms with van der Waals surface area (Å²) in [5.41, 5.74) is 5.07. The smallest absolute Gasteiger partial charge is 1.00 e. The van der Waals surface area contributed by atoms with E-state index in [-0.39, 0.29) is 56.4 Å². The van der Waals surface area contributed by atoms with Crippen molar-refractivity contribution in [1.82, 2.24) is 0 Å². The van der Waals surface area contributed by atoms with Crippen molar-refractivity contribution >= 4 is 0 Å². The Hall–Kier alpha value is 0.423. The van der Waals surface area contributed by atoms with Crippen LogP contribution in [-0.2, 0) is 26.2 Å². The Bertz CT molecular complexity index is 417. The minimum Gasteiger partial charge on any atom is -1.00 e. The van der Waals surface area contributed by atoms with E-state index in [0.29, 0.717) is 0 Å². The number of halogens is 2. The van der Waals surface area contributed by atoms with Crippen LogP contribution >= 0.6 is 0 Å². The van der Waals surface area contributed by atoms with E-state index in [1.807, 2.05) is 12.2 Å². The molecule has 0 aromatic carbocycles. The minimum atomic E-state index is 0. The molecule has 2 aliphatic carbocycles. The fourth-order valence-electron chi connectivity index (χ4n) is 3.38. The molecule has 0 unspecified atom stereocenters. The fourth-order valence-corrected chi connectivity index (χ4v) is 3.38. The molecular weight excluding hydrogens is 402 g/mol. The maximum absolute atomic E-state index is 3.80. The zero-order chi connectivity index (χ0) is 15.0. The first-order chi connectivity index (χ1) is 9.68. The molecule has 0 aromatic rings. The SMILES string of the molecule is CCC1=[C-]C(CC)(CC)C(CC)=C1CC.[C-]1=CC=CC1.[Cl-].[Cl-].[Zr+4]. The average Bonchev–Trinajstić information content (AvgIpc) is 3.15. The van der Waals surface area contributed by atoms with Gasteiger partial charge in [0.25, 0.3) is 0 Å². The maximum Gasteiger partial charge on any atom is 4.00 e. The molecule has 0 amide bonds. The van der Waals surface area contributed by atoms with Gasteiger partial charge in [-0.3, -0.25) is 12.2 Å². The molecule has 0 aromatic heterocycles. The molecule has 0 saturated carbocycles. The standard InChI is InChI=1S/C15H25.C5H5.2ClH.Zr/c1-6-12-11-15(9-4,10-5)14(8-3)13(12)7-2;1-2-4-5-3-1;;;/h6-10H2,1-5H3;1-3H,4H2;2*1H;/q2*-1;;;+4/p-2. The van der Waals surface area contributed by atoms with Crippen molar-refractivity contribution in [3.8, 4) is 0 Å². The monoisotopic (exact) mass is 430 g/mol. The van der Waals surface area contributed by atoms with Crippen LogP contribution in [0.25, 0.3) is 0 Å². The van der Waals surface area contributed by atoms with Crippen molar-refractivity contribution in [3.05, 3.63) is 47.1 Å². The van der Waals surface area contributed by atoms with Gasteiger partial charge >= 0.3 is 26.2 Å². The summed E-state index contributed by atoms with van der Waals surface area (Å²) in [5, 5.41) is 0. The normalized spacial score (nSPS) is 16.7. The third-order valence-electron chi connectivity index (χ3n) is 4.55. The van der Waals surface area contributed by atoms with Gasteiger partial charge in [-0.1, -0.05) is 72.1 Å². The molecule has 2 rings (SSSR count). The van der Waals surface area contributed by atoms with Crippen LogP contribution in [0.15, 0.2) is 34.9 Å². The van der Waals surface area contributed by atoms with Crippen molar-refractivity contribution in [1.29, 1.82) is 0 Å². The van der Waals surface area contributed by atoms with Gasteiger partial charge in [-0.25, -0.2) is 17.7 Å². The molecule has 3 heteroatoms. The number of allylic oxidation sites excluding steroid dienone is 8. The van der Waals surface area contributed by atoms with E-state index < -0.39 is 0 Å². The average molecular weight is 433 g/mol. The second-order valence-electron chi connectivity index (χ2n) is 5.41. The summed E-state index contributed by atoms with van der Waals surface area (Å²) < 4.78 is 0. The van der Waals surface area contributed by atoms with E-state index in [2.05, 4.69) is 52.8 Å². The molecule has 0 atom stereocenters. The molecule has 23 heavy (non-hydrogen) atoms. The van der Waals surface area contributed by atoms with Crippen molar-refractivity contribution < 1.29 is 51.0 Å². The van der Waals surface area contributed by atoms with Gasteiger partial charge < -0.3 is 24.8 Å². The predicted molar refractivity (Wildman–Crippen MR) is 89.2 cm³/mol. The van der Waals surface area contributed by atoms with Crippen molar-refractivity contribution in [3.63, 3.8) is 0 Å². The topological polar surface area (TPSA) is 0 Å². The van der Waals surface area contributed by atoms with Crippen LogP contribution in [0.4, 0.5) is 0 Å². The molecule has 0 aliphatic heterocycles. The Morgan fingerprint density at radius 3 is 1.83 bits per heavy atom. The van der Waals surface area contributed by atoms with Gasteiger partial charge in [0.15, 0.2) is 0 Å². The van der Waals surface area contributed by atoms with Gasteiger partial charge in [0.05, 0.1) is 0 Å². The van der Waals surface area contributed by atoms with E-state index in [4.69, 9.17) is 0 Å². The number of hydrogen-bond donors (Lipinski definition) is 0. The Morgan fingerprint density at radius 1 is 0.957 bits per heavy atom. The van der Waals surface area contributed by atoms with Gasteiger partial charge in [-0.05, 0) is 0 Å². The zero-order valence-corrected chi connectivity index (χ0v) is 19.2. The van der Waals surface area contributed by atoms with E-state index in [1.165, 1.54) is 31.3 Å². The third kappa shape index (κ3) is 7.05. The van der Waals surface area contributed by atoms with Crippen LogP contribution < -0.4 is 24.8 Å².